The largest absolute Gasteiger partial charge is 0.394 e. The lowest BCUT2D eigenvalue weighted by atomic mass is 10.1. The van der Waals surface area contributed by atoms with Crippen LogP contribution in [0, 0.1) is 0 Å². The number of hydrogen-bond donors (Lipinski definition) is 3. The molecule has 5 heteroatoms. The topological polar surface area (TPSA) is 70.6 Å². The summed E-state index contributed by atoms with van der Waals surface area (Å²) in [6, 6.07) is -0.293. The lowest BCUT2D eigenvalue weighted by Crippen LogP contribution is -2.49. The van der Waals surface area contributed by atoms with Crippen LogP contribution in [0.2, 0.25) is 0 Å². The first-order valence-corrected chi connectivity index (χ1v) is 5.49. The molecule has 92 valence electrons. The molecule has 0 aromatic carbocycles. The number of aliphatic hydroxyl groups is 1. The molecule has 1 saturated heterocycles. The van der Waals surface area contributed by atoms with E-state index in [2.05, 4.69) is 10.6 Å². The summed E-state index contributed by atoms with van der Waals surface area (Å²) in [5.41, 5.74) is 0.585. The highest BCUT2D eigenvalue weighted by Gasteiger charge is 2.18. The van der Waals surface area contributed by atoms with Gasteiger partial charge in [-0.15, -0.1) is 0 Å². The molecule has 2 amide bonds. The van der Waals surface area contributed by atoms with Gasteiger partial charge in [-0.05, 0) is 32.3 Å². The average molecular weight is 228 g/mol. The average Bonchev–Trinajstić information content (AvgIpc) is 2.27. The normalized spacial score (nSPS) is 16.8. The molecule has 0 unspecified atom stereocenters. The van der Waals surface area contributed by atoms with Crippen LogP contribution in [0.4, 0.5) is 4.79 Å². The second-order valence-electron chi connectivity index (χ2n) is 4.56. The molecule has 3 N–H and O–H groups in total. The van der Waals surface area contributed by atoms with Crippen LogP contribution in [0.3, 0.4) is 0 Å². The zero-order chi connectivity index (χ0) is 12.0. The van der Waals surface area contributed by atoms with Gasteiger partial charge in [0, 0.05) is 6.20 Å². The molecule has 0 aliphatic carbocycles. The second kappa shape index (κ2) is 5.86. The van der Waals surface area contributed by atoms with E-state index in [9.17, 15) is 4.79 Å². The quantitative estimate of drug-likeness (QED) is 0.667. The summed E-state index contributed by atoms with van der Waals surface area (Å²) in [5, 5.41) is 14.3. The molecule has 0 spiro atoms. The van der Waals surface area contributed by atoms with Gasteiger partial charge >= 0.3 is 6.03 Å². The highest BCUT2D eigenvalue weighted by atomic mass is 16.5. The summed E-state index contributed by atoms with van der Waals surface area (Å²) in [6.07, 6.45) is 3.46. The predicted molar refractivity (Wildman–Crippen MR) is 61.0 cm³/mol. The van der Waals surface area contributed by atoms with Crippen molar-refractivity contribution in [3.05, 3.63) is 11.8 Å². The zero-order valence-electron chi connectivity index (χ0n) is 9.88. The summed E-state index contributed by atoms with van der Waals surface area (Å²) in [7, 11) is 0. The molecule has 0 aromatic rings. The standard InChI is InChI=1S/C11H20N2O3/c1-11(2,8-14)13-10(15)12-7-9-3-5-16-6-4-9/h7,14H,3-6,8H2,1-2H3,(H2,12,13,15). The van der Waals surface area contributed by atoms with E-state index in [1.807, 2.05) is 0 Å². The summed E-state index contributed by atoms with van der Waals surface area (Å²) in [6.45, 7) is 4.86. The van der Waals surface area contributed by atoms with E-state index in [1.54, 1.807) is 20.0 Å². The summed E-state index contributed by atoms with van der Waals surface area (Å²) >= 11 is 0. The maximum Gasteiger partial charge on any atom is 0.319 e. The van der Waals surface area contributed by atoms with Crippen LogP contribution >= 0.6 is 0 Å². The van der Waals surface area contributed by atoms with Crippen molar-refractivity contribution in [3.63, 3.8) is 0 Å². The number of aliphatic hydroxyl groups excluding tert-OH is 1. The number of rotatable bonds is 3. The highest BCUT2D eigenvalue weighted by molar-refractivity contribution is 5.75. The third kappa shape index (κ3) is 4.63. The first-order valence-electron chi connectivity index (χ1n) is 5.49. The van der Waals surface area contributed by atoms with Crippen LogP contribution in [-0.4, -0.2) is 36.5 Å². The molecule has 5 nitrogen and oxygen atoms in total. The number of urea groups is 1. The molecule has 1 aliphatic rings. The lowest BCUT2D eigenvalue weighted by Gasteiger charge is -2.23. The van der Waals surface area contributed by atoms with Crippen molar-refractivity contribution in [2.24, 2.45) is 0 Å². The Kier molecular flexibility index (Phi) is 4.76. The Labute approximate surface area is 95.9 Å². The van der Waals surface area contributed by atoms with Gasteiger partial charge in [-0.3, -0.25) is 0 Å². The fourth-order valence-corrected chi connectivity index (χ4v) is 1.33. The van der Waals surface area contributed by atoms with E-state index in [0.29, 0.717) is 0 Å². The number of ether oxygens (including phenoxy) is 1. The molecule has 16 heavy (non-hydrogen) atoms. The van der Waals surface area contributed by atoms with Crippen molar-refractivity contribution in [1.29, 1.82) is 0 Å². The van der Waals surface area contributed by atoms with Crippen LogP contribution in [0.15, 0.2) is 11.8 Å². The Bertz CT molecular complexity index is 266. The Morgan fingerprint density at radius 3 is 2.69 bits per heavy atom. The second-order valence-corrected chi connectivity index (χ2v) is 4.56. The fraction of sp³-hybridized carbons (Fsp3) is 0.727. The number of carbonyl (C=O) groups is 1. The van der Waals surface area contributed by atoms with Crippen molar-refractivity contribution in [1.82, 2.24) is 10.6 Å². The number of carbonyl (C=O) groups excluding carboxylic acids is 1. The van der Waals surface area contributed by atoms with E-state index in [-0.39, 0.29) is 12.6 Å². The van der Waals surface area contributed by atoms with Gasteiger partial charge in [-0.25, -0.2) is 4.79 Å². The number of amides is 2. The Morgan fingerprint density at radius 2 is 2.12 bits per heavy atom. The van der Waals surface area contributed by atoms with E-state index >= 15 is 0 Å². The van der Waals surface area contributed by atoms with Crippen molar-refractivity contribution in [2.45, 2.75) is 32.2 Å². The minimum Gasteiger partial charge on any atom is -0.394 e. The maximum atomic E-state index is 11.5. The van der Waals surface area contributed by atoms with Crippen molar-refractivity contribution in [2.75, 3.05) is 19.8 Å². The van der Waals surface area contributed by atoms with E-state index in [4.69, 9.17) is 9.84 Å². The summed E-state index contributed by atoms with van der Waals surface area (Å²) < 4.78 is 5.20. The van der Waals surface area contributed by atoms with Crippen LogP contribution in [0.5, 0.6) is 0 Å². The van der Waals surface area contributed by atoms with Crippen LogP contribution in [0.1, 0.15) is 26.7 Å². The number of nitrogens with one attached hydrogen (secondary N) is 2. The molecule has 0 bridgehead atoms. The summed E-state index contributed by atoms with van der Waals surface area (Å²) in [5.74, 6) is 0. The molecule has 0 atom stereocenters. The molecule has 0 saturated carbocycles. The monoisotopic (exact) mass is 228 g/mol. The molecule has 0 aromatic heterocycles. The first kappa shape index (κ1) is 13.0. The third-order valence-corrected chi connectivity index (χ3v) is 2.39. The number of hydrogen-bond acceptors (Lipinski definition) is 3. The molecular weight excluding hydrogens is 208 g/mol. The minimum atomic E-state index is -0.599. The van der Waals surface area contributed by atoms with Gasteiger partial charge in [0.25, 0.3) is 0 Å². The van der Waals surface area contributed by atoms with E-state index < -0.39 is 5.54 Å². The smallest absolute Gasteiger partial charge is 0.319 e. The van der Waals surface area contributed by atoms with Crippen molar-refractivity contribution < 1.29 is 14.6 Å². The minimum absolute atomic E-state index is 0.0924. The maximum absolute atomic E-state index is 11.5. The van der Waals surface area contributed by atoms with Gasteiger partial charge in [0.15, 0.2) is 0 Å². The van der Waals surface area contributed by atoms with Gasteiger partial charge in [0.05, 0.1) is 25.4 Å². The van der Waals surface area contributed by atoms with Gasteiger partial charge in [0.1, 0.15) is 0 Å². The third-order valence-electron chi connectivity index (χ3n) is 2.39. The van der Waals surface area contributed by atoms with Crippen LogP contribution in [-0.2, 0) is 4.74 Å². The van der Waals surface area contributed by atoms with Gasteiger partial charge in [-0.2, -0.15) is 0 Å². The van der Waals surface area contributed by atoms with Gasteiger partial charge < -0.3 is 20.5 Å². The lowest BCUT2D eigenvalue weighted by molar-refractivity contribution is 0.119. The molecule has 1 heterocycles. The first-order chi connectivity index (χ1) is 7.53. The highest BCUT2D eigenvalue weighted by Crippen LogP contribution is 2.11. The predicted octanol–water partition coefficient (Wildman–Crippen LogP) is 0.751. The van der Waals surface area contributed by atoms with Gasteiger partial charge in [0.2, 0.25) is 0 Å². The van der Waals surface area contributed by atoms with Crippen LogP contribution in [0.25, 0.3) is 0 Å². The molecule has 0 radical (unpaired) electrons. The molecular formula is C11H20N2O3. The SMILES string of the molecule is CC(C)(CO)NC(=O)NC=C1CCOCC1. The Balaban J connectivity index is 2.34. The fourth-order valence-electron chi connectivity index (χ4n) is 1.33. The molecule has 1 aliphatic heterocycles. The van der Waals surface area contributed by atoms with Crippen LogP contribution < -0.4 is 10.6 Å². The van der Waals surface area contributed by atoms with E-state index in [1.165, 1.54) is 5.57 Å². The van der Waals surface area contributed by atoms with Gasteiger partial charge in [-0.1, -0.05) is 0 Å². The molecule has 1 rings (SSSR count). The van der Waals surface area contributed by atoms with Crippen molar-refractivity contribution >= 4 is 6.03 Å². The molecule has 1 fully saturated rings. The Hall–Kier alpha value is -1.07. The van der Waals surface area contributed by atoms with Crippen molar-refractivity contribution in [3.8, 4) is 0 Å². The van der Waals surface area contributed by atoms with E-state index in [0.717, 1.165) is 26.1 Å². The zero-order valence-corrected chi connectivity index (χ0v) is 9.88. The summed E-state index contributed by atoms with van der Waals surface area (Å²) in [4.78, 5) is 11.5. The Morgan fingerprint density at radius 1 is 1.50 bits per heavy atom.